The maximum atomic E-state index is 11.9. The molecule has 3 aromatic carbocycles. The topological polar surface area (TPSA) is 70.4 Å². The van der Waals surface area contributed by atoms with Gasteiger partial charge in [0, 0.05) is 21.4 Å². The van der Waals surface area contributed by atoms with Crippen molar-refractivity contribution in [1.29, 1.82) is 0 Å². The molecule has 206 valence electrons. The van der Waals surface area contributed by atoms with E-state index in [0.717, 1.165) is 59.0 Å². The van der Waals surface area contributed by atoms with Gasteiger partial charge in [-0.1, -0.05) is 78.3 Å². The number of pyridine rings is 1. The first kappa shape index (κ1) is 28.4. The van der Waals surface area contributed by atoms with E-state index in [1.807, 2.05) is 68.5 Å². The smallest absolute Gasteiger partial charge is 0.310 e. The van der Waals surface area contributed by atoms with Crippen molar-refractivity contribution in [1.82, 2.24) is 4.98 Å². The molecule has 0 spiro atoms. The van der Waals surface area contributed by atoms with E-state index in [1.54, 1.807) is 11.8 Å². The van der Waals surface area contributed by atoms with Gasteiger partial charge in [-0.05, 0) is 86.1 Å². The summed E-state index contributed by atoms with van der Waals surface area (Å²) in [5, 5.41) is 22.3. The Kier molecular flexibility index (Phi) is 8.37. The zero-order chi connectivity index (χ0) is 28.3. The molecule has 6 heteroatoms. The number of fused-ring (bicyclic) bond motifs is 1. The van der Waals surface area contributed by atoms with Gasteiger partial charge in [-0.25, -0.2) is 4.98 Å². The van der Waals surface area contributed by atoms with Gasteiger partial charge in [0.15, 0.2) is 0 Å². The third kappa shape index (κ3) is 6.77. The van der Waals surface area contributed by atoms with Gasteiger partial charge in [0.25, 0.3) is 0 Å². The molecule has 0 aliphatic heterocycles. The van der Waals surface area contributed by atoms with Crippen LogP contribution in [0.15, 0.2) is 78.9 Å². The van der Waals surface area contributed by atoms with Crippen molar-refractivity contribution < 1.29 is 15.0 Å². The van der Waals surface area contributed by atoms with Crippen LogP contribution in [-0.2, 0) is 16.8 Å². The highest BCUT2D eigenvalue weighted by Gasteiger charge is 2.50. The molecule has 0 radical (unpaired) electrons. The fraction of sp³-hybridized carbons (Fsp3) is 0.294. The molecule has 1 aliphatic rings. The van der Waals surface area contributed by atoms with E-state index in [9.17, 15) is 15.0 Å². The van der Waals surface area contributed by atoms with Crippen LogP contribution in [0.4, 0.5) is 0 Å². The Bertz CT molecular complexity index is 1550. The van der Waals surface area contributed by atoms with Gasteiger partial charge in [-0.2, -0.15) is 11.8 Å². The highest BCUT2D eigenvalue weighted by molar-refractivity contribution is 7.99. The number of aliphatic hydroxyl groups is 1. The van der Waals surface area contributed by atoms with Crippen LogP contribution in [0.5, 0.6) is 0 Å². The van der Waals surface area contributed by atoms with Crippen LogP contribution in [0.2, 0.25) is 5.02 Å². The van der Waals surface area contributed by atoms with E-state index in [1.165, 1.54) is 5.56 Å². The Morgan fingerprint density at radius 3 is 2.58 bits per heavy atom. The predicted molar refractivity (Wildman–Crippen MR) is 167 cm³/mol. The number of aliphatic carboxylic acids is 1. The average Bonchev–Trinajstić information content (AvgIpc) is 3.73. The first-order chi connectivity index (χ1) is 19.1. The van der Waals surface area contributed by atoms with Crippen molar-refractivity contribution in [3.63, 3.8) is 0 Å². The molecule has 0 unspecified atom stereocenters. The number of carboxylic acids is 1. The van der Waals surface area contributed by atoms with Crippen molar-refractivity contribution in [3.05, 3.63) is 112 Å². The fourth-order valence-electron chi connectivity index (χ4n) is 5.04. The van der Waals surface area contributed by atoms with Gasteiger partial charge >= 0.3 is 5.97 Å². The highest BCUT2D eigenvalue weighted by Crippen LogP contribution is 2.51. The molecule has 1 atom stereocenters. The van der Waals surface area contributed by atoms with Gasteiger partial charge in [0.1, 0.15) is 0 Å². The molecule has 2 N–H and O–H groups in total. The van der Waals surface area contributed by atoms with Crippen LogP contribution in [0, 0.1) is 5.41 Å². The Balaban J connectivity index is 1.38. The van der Waals surface area contributed by atoms with E-state index in [2.05, 4.69) is 36.4 Å². The standard InChI is InChI=1S/C34H34ClNO3S/c1-33(2,39)29-9-4-3-7-24(29)13-17-31(40-22-34(18-19-34)32(37)38)26-8-5-6-23(20-26)10-15-28-16-12-25-11-14-27(35)21-30(25)36-28/h3-12,14-16,20-21,31,39H,13,17-19,22H2,1-2H3,(H,37,38)/b15-10+/t31-/m0/s1. The number of aromatic nitrogens is 1. The number of rotatable bonds is 11. The lowest BCUT2D eigenvalue weighted by atomic mass is 9.90. The summed E-state index contributed by atoms with van der Waals surface area (Å²) in [5.74, 6) is -0.0870. The van der Waals surface area contributed by atoms with Gasteiger partial charge in [0.2, 0.25) is 0 Å². The summed E-state index contributed by atoms with van der Waals surface area (Å²) in [4.78, 5) is 16.6. The molecule has 1 fully saturated rings. The summed E-state index contributed by atoms with van der Waals surface area (Å²) in [6.45, 7) is 3.63. The van der Waals surface area contributed by atoms with Crippen LogP contribution in [0.25, 0.3) is 23.1 Å². The van der Waals surface area contributed by atoms with E-state index in [4.69, 9.17) is 16.6 Å². The number of benzene rings is 3. The van der Waals surface area contributed by atoms with Crippen LogP contribution in [0.1, 0.15) is 66.3 Å². The number of aryl methyl sites for hydroxylation is 1. The number of hydrogen-bond acceptors (Lipinski definition) is 4. The van der Waals surface area contributed by atoms with Crippen molar-refractivity contribution in [2.24, 2.45) is 5.41 Å². The zero-order valence-corrected chi connectivity index (χ0v) is 24.4. The number of halogens is 1. The minimum atomic E-state index is -0.923. The summed E-state index contributed by atoms with van der Waals surface area (Å²) in [5.41, 5.74) is 4.50. The number of hydrogen-bond donors (Lipinski definition) is 2. The Labute approximate surface area is 245 Å². The van der Waals surface area contributed by atoms with Crippen molar-refractivity contribution in [2.75, 3.05) is 5.75 Å². The quantitative estimate of drug-likeness (QED) is 0.189. The third-order valence-corrected chi connectivity index (χ3v) is 9.49. The molecule has 1 heterocycles. The van der Waals surface area contributed by atoms with E-state index < -0.39 is 17.0 Å². The van der Waals surface area contributed by atoms with Crippen LogP contribution >= 0.6 is 23.4 Å². The number of carboxylic acid groups (broad SMARTS) is 1. The SMILES string of the molecule is CC(C)(O)c1ccccc1CC[C@H](SCC1(C(=O)O)CC1)c1cccc(/C=C/c2ccc3ccc(Cl)cc3n2)c1. The molecule has 0 saturated heterocycles. The molecule has 40 heavy (non-hydrogen) atoms. The molecule has 1 aliphatic carbocycles. The monoisotopic (exact) mass is 571 g/mol. The lowest BCUT2D eigenvalue weighted by Crippen LogP contribution is -2.19. The largest absolute Gasteiger partial charge is 0.481 e. The summed E-state index contributed by atoms with van der Waals surface area (Å²) in [6, 6.07) is 26.2. The Morgan fingerprint density at radius 2 is 1.82 bits per heavy atom. The van der Waals surface area contributed by atoms with Crippen LogP contribution in [-0.4, -0.2) is 26.9 Å². The maximum Gasteiger partial charge on any atom is 0.310 e. The lowest BCUT2D eigenvalue weighted by Gasteiger charge is -2.24. The molecular formula is C34H34ClNO3S. The van der Waals surface area contributed by atoms with Crippen molar-refractivity contribution in [3.8, 4) is 0 Å². The molecular weight excluding hydrogens is 538 g/mol. The second-order valence-corrected chi connectivity index (χ2v) is 12.8. The molecule has 4 nitrogen and oxygen atoms in total. The normalized spacial score (nSPS) is 15.4. The molecule has 4 aromatic rings. The summed E-state index contributed by atoms with van der Waals surface area (Å²) in [7, 11) is 0. The highest BCUT2D eigenvalue weighted by atomic mass is 35.5. The Hall–Kier alpha value is -3.12. The van der Waals surface area contributed by atoms with Gasteiger partial charge in [-0.3, -0.25) is 4.79 Å². The molecule has 1 aromatic heterocycles. The summed E-state index contributed by atoms with van der Waals surface area (Å²) < 4.78 is 0. The van der Waals surface area contributed by atoms with Gasteiger partial charge in [0.05, 0.1) is 22.2 Å². The van der Waals surface area contributed by atoms with Crippen molar-refractivity contribution >= 4 is 52.4 Å². The second kappa shape index (κ2) is 11.8. The molecule has 0 bridgehead atoms. The zero-order valence-electron chi connectivity index (χ0n) is 22.8. The number of carbonyl (C=O) groups is 1. The molecule has 1 saturated carbocycles. The molecule has 0 amide bonds. The van der Waals surface area contributed by atoms with Gasteiger partial charge < -0.3 is 10.2 Å². The minimum absolute atomic E-state index is 0.126. The second-order valence-electron chi connectivity index (χ2n) is 11.2. The first-order valence-corrected chi connectivity index (χ1v) is 15.1. The number of thioether (sulfide) groups is 1. The minimum Gasteiger partial charge on any atom is -0.481 e. The summed E-state index contributed by atoms with van der Waals surface area (Å²) >= 11 is 7.90. The van der Waals surface area contributed by atoms with E-state index >= 15 is 0 Å². The Morgan fingerprint density at radius 1 is 1.05 bits per heavy atom. The van der Waals surface area contributed by atoms with Crippen molar-refractivity contribution in [2.45, 2.75) is 50.4 Å². The lowest BCUT2D eigenvalue weighted by molar-refractivity contribution is -0.142. The summed E-state index contributed by atoms with van der Waals surface area (Å²) in [6.07, 6.45) is 7.19. The first-order valence-electron chi connectivity index (χ1n) is 13.6. The molecule has 5 rings (SSSR count). The third-order valence-electron chi connectivity index (χ3n) is 7.63. The van der Waals surface area contributed by atoms with Crippen LogP contribution < -0.4 is 0 Å². The van der Waals surface area contributed by atoms with E-state index in [-0.39, 0.29) is 5.25 Å². The fourth-order valence-corrected chi connectivity index (χ4v) is 6.76. The van der Waals surface area contributed by atoms with E-state index in [0.29, 0.717) is 10.8 Å². The maximum absolute atomic E-state index is 11.9. The number of nitrogens with zero attached hydrogens (tertiary/aromatic N) is 1. The van der Waals surface area contributed by atoms with Gasteiger partial charge in [-0.15, -0.1) is 0 Å². The predicted octanol–water partition coefficient (Wildman–Crippen LogP) is 8.56. The average molecular weight is 572 g/mol. The van der Waals surface area contributed by atoms with Crippen LogP contribution in [0.3, 0.4) is 0 Å².